The molecule has 0 aromatic rings. The molecule has 11 nitrogen and oxygen atoms in total. The van der Waals surface area contributed by atoms with Crippen LogP contribution in [0.25, 0.3) is 0 Å². The van der Waals surface area contributed by atoms with E-state index >= 15 is 0 Å². The van der Waals surface area contributed by atoms with E-state index in [1.807, 2.05) is 26.0 Å². The van der Waals surface area contributed by atoms with Crippen LogP contribution in [0.2, 0.25) is 0 Å². The molecular formula is C39H68O11. The van der Waals surface area contributed by atoms with Crippen LogP contribution >= 0.6 is 0 Å². The molecule has 0 amide bonds. The van der Waals surface area contributed by atoms with Crippen LogP contribution in [-0.2, 0) is 23.7 Å². The van der Waals surface area contributed by atoms with Gasteiger partial charge in [0.05, 0.1) is 67.1 Å². The lowest BCUT2D eigenvalue weighted by molar-refractivity contribution is -0.131. The Morgan fingerprint density at radius 2 is 1.58 bits per heavy atom. The number of ether oxygens (including phenoxy) is 4. The summed E-state index contributed by atoms with van der Waals surface area (Å²) in [4.78, 5) is 10.7. The highest BCUT2D eigenvalue weighted by Crippen LogP contribution is 2.31. The standard InChI is InChI=1S/C39H68O11/c1-23(13-17-37(43)44)12-15-29(40)19-30-10-9-11-31(50-30)21-36(48-8)26(4)34(41)22-35(42)27(5)39(46)28(6)38(45)24(2)14-16-32-20-33(47-7)18-25(3)49-32/h9-10,12-13,17,24-36,38-42,45-46H,11,14-16,18-22H2,1-8H3,(H,43,44)/b17-13-,23-12+/t24-,25-,26-,27+,28-,29+,30-,31+,32+,33+,34-,35+,36-,38-,39+/m0/s1. The van der Waals surface area contributed by atoms with Crippen molar-refractivity contribution in [2.75, 3.05) is 14.2 Å². The number of hydrogen-bond donors (Lipinski definition) is 6. The molecule has 0 saturated carbocycles. The number of aliphatic hydroxyl groups is 5. The number of hydrogen-bond acceptors (Lipinski definition) is 10. The van der Waals surface area contributed by atoms with Gasteiger partial charge in [-0.15, -0.1) is 0 Å². The monoisotopic (exact) mass is 712 g/mol. The van der Waals surface area contributed by atoms with E-state index in [2.05, 4.69) is 6.92 Å². The van der Waals surface area contributed by atoms with Crippen LogP contribution in [0.1, 0.15) is 99.3 Å². The van der Waals surface area contributed by atoms with E-state index in [9.17, 15) is 30.3 Å². The predicted octanol–water partition coefficient (Wildman–Crippen LogP) is 4.57. The summed E-state index contributed by atoms with van der Waals surface area (Å²) in [6.45, 7) is 11.2. The largest absolute Gasteiger partial charge is 0.478 e. The van der Waals surface area contributed by atoms with Gasteiger partial charge >= 0.3 is 5.97 Å². The molecule has 0 unspecified atom stereocenters. The number of allylic oxidation sites excluding steroid dienone is 2. The van der Waals surface area contributed by atoms with E-state index in [0.717, 1.165) is 37.3 Å². The van der Waals surface area contributed by atoms with Gasteiger partial charge in [0.2, 0.25) is 0 Å². The molecule has 0 bridgehead atoms. The lowest BCUT2D eigenvalue weighted by Crippen LogP contribution is -2.43. The summed E-state index contributed by atoms with van der Waals surface area (Å²) in [6, 6.07) is 0. The van der Waals surface area contributed by atoms with E-state index in [-0.39, 0.29) is 54.9 Å². The zero-order chi connectivity index (χ0) is 37.5. The minimum atomic E-state index is -1.02. The minimum Gasteiger partial charge on any atom is -0.478 e. The van der Waals surface area contributed by atoms with Crippen molar-refractivity contribution in [2.24, 2.45) is 23.7 Å². The van der Waals surface area contributed by atoms with Crippen LogP contribution in [0.3, 0.4) is 0 Å². The minimum absolute atomic E-state index is 0.0460. The summed E-state index contributed by atoms with van der Waals surface area (Å²) in [5, 5.41) is 63.8. The van der Waals surface area contributed by atoms with Gasteiger partial charge in [0.1, 0.15) is 0 Å². The third-order valence-electron chi connectivity index (χ3n) is 10.9. The Balaban J connectivity index is 1.84. The van der Waals surface area contributed by atoms with Gasteiger partial charge < -0.3 is 49.6 Å². The zero-order valence-corrected chi connectivity index (χ0v) is 31.6. The van der Waals surface area contributed by atoms with Crippen molar-refractivity contribution in [1.29, 1.82) is 0 Å². The first-order chi connectivity index (χ1) is 23.6. The molecule has 0 aromatic heterocycles. The first-order valence-electron chi connectivity index (χ1n) is 18.6. The summed E-state index contributed by atoms with van der Waals surface area (Å²) in [6.07, 6.45) is 8.81. The summed E-state index contributed by atoms with van der Waals surface area (Å²) >= 11 is 0. The molecular weight excluding hydrogens is 644 g/mol. The van der Waals surface area contributed by atoms with Crippen LogP contribution in [0.15, 0.2) is 36.0 Å². The second kappa shape index (κ2) is 22.4. The smallest absolute Gasteiger partial charge is 0.328 e. The fraction of sp³-hybridized carbons (Fsp3) is 0.821. The van der Waals surface area contributed by atoms with Crippen LogP contribution in [0.5, 0.6) is 0 Å². The highest BCUT2D eigenvalue weighted by atomic mass is 16.5. The molecule has 2 heterocycles. The van der Waals surface area contributed by atoms with Crippen molar-refractivity contribution in [1.82, 2.24) is 0 Å². The van der Waals surface area contributed by atoms with E-state index in [1.54, 1.807) is 41.1 Å². The maximum absolute atomic E-state index is 11.2. The molecule has 1 fully saturated rings. The second-order valence-electron chi connectivity index (χ2n) is 15.1. The third-order valence-corrected chi connectivity index (χ3v) is 10.9. The molecule has 0 radical (unpaired) electrons. The fourth-order valence-electron chi connectivity index (χ4n) is 7.31. The quantitative estimate of drug-likeness (QED) is 0.0527. The molecule has 11 heteroatoms. The average molecular weight is 713 g/mol. The lowest BCUT2D eigenvalue weighted by Gasteiger charge is -2.37. The topological polar surface area (TPSA) is 175 Å². The summed E-state index contributed by atoms with van der Waals surface area (Å²) < 4.78 is 23.7. The van der Waals surface area contributed by atoms with Gasteiger partial charge in [-0.05, 0) is 64.7 Å². The Morgan fingerprint density at radius 1 is 0.900 bits per heavy atom. The van der Waals surface area contributed by atoms with Crippen molar-refractivity contribution in [3.8, 4) is 0 Å². The molecule has 50 heavy (non-hydrogen) atoms. The molecule has 2 rings (SSSR count). The van der Waals surface area contributed by atoms with Gasteiger partial charge in [-0.25, -0.2) is 4.79 Å². The number of carboxylic acids is 1. The SMILES string of the molecule is CO[C@H]1C[C@@H](CC[C@H](C)[C@H](O)[C@H](C)[C@H](O)[C@H](C)[C@H](O)C[C@H](O)[C@H](C)[C@H](C[C@H]2CC=C[C@@H](C[C@H](O)C/C=C(C)/C=C\C(=O)O)O2)OC)O[C@@H](C)C1. The summed E-state index contributed by atoms with van der Waals surface area (Å²) in [5.41, 5.74) is 0.753. The van der Waals surface area contributed by atoms with Crippen molar-refractivity contribution in [3.05, 3.63) is 36.0 Å². The van der Waals surface area contributed by atoms with Crippen molar-refractivity contribution in [3.63, 3.8) is 0 Å². The van der Waals surface area contributed by atoms with E-state index in [1.165, 1.54) is 6.08 Å². The first-order valence-corrected chi connectivity index (χ1v) is 18.6. The summed E-state index contributed by atoms with van der Waals surface area (Å²) in [5.74, 6) is -2.50. The van der Waals surface area contributed by atoms with Crippen molar-refractivity contribution < 1.29 is 54.4 Å². The number of carbonyl (C=O) groups is 1. The highest BCUT2D eigenvalue weighted by molar-refractivity contribution is 5.80. The van der Waals surface area contributed by atoms with E-state index < -0.39 is 48.3 Å². The number of aliphatic hydroxyl groups excluding tert-OH is 5. The Morgan fingerprint density at radius 3 is 2.22 bits per heavy atom. The van der Waals surface area contributed by atoms with Crippen LogP contribution in [0.4, 0.5) is 0 Å². The maximum atomic E-state index is 11.2. The lowest BCUT2D eigenvalue weighted by atomic mass is 9.79. The van der Waals surface area contributed by atoms with Crippen LogP contribution in [-0.4, -0.2) is 118 Å². The number of aliphatic carboxylic acids is 1. The Bertz CT molecular complexity index is 1060. The molecule has 2 aliphatic heterocycles. The van der Waals surface area contributed by atoms with Crippen LogP contribution in [0, 0.1) is 23.7 Å². The average Bonchev–Trinajstić information content (AvgIpc) is 3.09. The van der Waals surface area contributed by atoms with Gasteiger partial charge in [-0.2, -0.15) is 0 Å². The van der Waals surface area contributed by atoms with Gasteiger partial charge in [0.15, 0.2) is 0 Å². The number of methoxy groups -OCH3 is 2. The summed E-state index contributed by atoms with van der Waals surface area (Å²) in [7, 11) is 3.32. The van der Waals surface area contributed by atoms with Crippen LogP contribution < -0.4 is 0 Å². The molecule has 0 aromatic carbocycles. The number of rotatable bonds is 22. The Kier molecular flexibility index (Phi) is 19.9. The van der Waals surface area contributed by atoms with Crippen molar-refractivity contribution >= 4 is 5.97 Å². The predicted molar refractivity (Wildman–Crippen MR) is 193 cm³/mol. The second-order valence-corrected chi connectivity index (χ2v) is 15.1. The Labute approximate surface area is 300 Å². The van der Waals surface area contributed by atoms with Gasteiger partial charge in [0, 0.05) is 50.9 Å². The van der Waals surface area contributed by atoms with Crippen molar-refractivity contribution in [2.45, 2.75) is 166 Å². The zero-order valence-electron chi connectivity index (χ0n) is 31.6. The van der Waals surface area contributed by atoms with Gasteiger partial charge in [-0.1, -0.05) is 57.6 Å². The molecule has 0 spiro atoms. The molecule has 1 saturated heterocycles. The maximum Gasteiger partial charge on any atom is 0.328 e. The van der Waals surface area contributed by atoms with Gasteiger partial charge in [0.25, 0.3) is 0 Å². The molecule has 0 aliphatic carbocycles. The third kappa shape index (κ3) is 15.1. The first kappa shape index (κ1) is 44.5. The van der Waals surface area contributed by atoms with E-state index in [0.29, 0.717) is 25.7 Å². The highest BCUT2D eigenvalue weighted by Gasteiger charge is 2.37. The molecule has 15 atom stereocenters. The normalized spacial score (nSPS) is 29.5. The molecule has 290 valence electrons. The number of carboxylic acid groups (broad SMARTS) is 1. The van der Waals surface area contributed by atoms with Gasteiger partial charge in [-0.3, -0.25) is 0 Å². The molecule has 2 aliphatic rings. The fourth-order valence-corrected chi connectivity index (χ4v) is 7.31. The Hall–Kier alpha value is -1.67. The van der Waals surface area contributed by atoms with E-state index in [4.69, 9.17) is 24.1 Å². The molecule has 6 N–H and O–H groups in total.